The predicted molar refractivity (Wildman–Crippen MR) is 86.3 cm³/mol. The summed E-state index contributed by atoms with van der Waals surface area (Å²) in [5, 5.41) is 9.68. The first kappa shape index (κ1) is 18.2. The molecule has 0 fully saturated rings. The molecule has 0 aromatic heterocycles. The van der Waals surface area contributed by atoms with Crippen LogP contribution in [0.4, 0.5) is 0 Å². The van der Waals surface area contributed by atoms with E-state index in [1.165, 1.54) is 6.42 Å². The second-order valence-electron chi connectivity index (χ2n) is 5.02. The highest BCUT2D eigenvalue weighted by molar-refractivity contribution is 4.96. The van der Waals surface area contributed by atoms with Crippen molar-refractivity contribution in [3.8, 4) is 0 Å². The van der Waals surface area contributed by atoms with Crippen molar-refractivity contribution >= 4 is 0 Å². The average molecular weight is 264 g/mol. The van der Waals surface area contributed by atoms with Crippen molar-refractivity contribution in [1.29, 1.82) is 0 Å². The van der Waals surface area contributed by atoms with Crippen molar-refractivity contribution in [3.05, 3.63) is 36.5 Å². The lowest BCUT2D eigenvalue weighted by atomic mass is 10.1. The van der Waals surface area contributed by atoms with E-state index in [1.807, 2.05) is 0 Å². The Balaban J connectivity index is 3.36. The first-order valence-corrected chi connectivity index (χ1v) is 7.94. The molecule has 0 aliphatic heterocycles. The third-order valence-electron chi connectivity index (χ3n) is 3.08. The molecule has 0 amide bonds. The number of aliphatic hydroxyl groups is 1. The number of aliphatic hydroxyl groups excluding tert-OH is 1. The van der Waals surface area contributed by atoms with Crippen LogP contribution in [0.3, 0.4) is 0 Å². The maximum absolute atomic E-state index is 9.68. The van der Waals surface area contributed by atoms with E-state index in [0.717, 1.165) is 51.4 Å². The summed E-state index contributed by atoms with van der Waals surface area (Å²) in [6.07, 6.45) is 22.8. The lowest BCUT2D eigenvalue weighted by molar-refractivity contribution is 0.149. The van der Waals surface area contributed by atoms with Crippen LogP contribution in [0.1, 0.15) is 71.6 Å². The van der Waals surface area contributed by atoms with Gasteiger partial charge in [-0.25, -0.2) is 0 Å². The highest BCUT2D eigenvalue weighted by atomic mass is 16.3. The van der Waals surface area contributed by atoms with Gasteiger partial charge in [0.15, 0.2) is 0 Å². The summed E-state index contributed by atoms with van der Waals surface area (Å²) >= 11 is 0. The van der Waals surface area contributed by atoms with Gasteiger partial charge >= 0.3 is 0 Å². The molecule has 0 bridgehead atoms. The van der Waals surface area contributed by atoms with Gasteiger partial charge in [0.05, 0.1) is 6.10 Å². The summed E-state index contributed by atoms with van der Waals surface area (Å²) in [4.78, 5) is 0. The number of hydrogen-bond donors (Lipinski definition) is 1. The van der Waals surface area contributed by atoms with Crippen LogP contribution in [0.25, 0.3) is 0 Å². The number of hydrogen-bond acceptors (Lipinski definition) is 1. The average Bonchev–Trinajstić information content (AvgIpc) is 2.42. The lowest BCUT2D eigenvalue weighted by Crippen LogP contribution is -2.05. The second kappa shape index (κ2) is 15.2. The first-order chi connectivity index (χ1) is 9.31. The fraction of sp³-hybridized carbons (Fsp3) is 0.667. The molecule has 0 rings (SSSR count). The van der Waals surface area contributed by atoms with E-state index in [2.05, 4.69) is 50.3 Å². The van der Waals surface area contributed by atoms with Crippen LogP contribution in [0.5, 0.6) is 0 Å². The summed E-state index contributed by atoms with van der Waals surface area (Å²) in [5.74, 6) is 0. The van der Waals surface area contributed by atoms with Gasteiger partial charge in [-0.15, -0.1) is 0 Å². The minimum absolute atomic E-state index is 0.0846. The first-order valence-electron chi connectivity index (χ1n) is 7.94. The van der Waals surface area contributed by atoms with Crippen molar-refractivity contribution in [3.63, 3.8) is 0 Å². The molecule has 110 valence electrons. The fourth-order valence-corrected chi connectivity index (χ4v) is 1.88. The molecule has 0 aromatic carbocycles. The van der Waals surface area contributed by atoms with E-state index in [9.17, 15) is 5.11 Å². The molecular weight excluding hydrogens is 232 g/mol. The SMILES string of the molecule is CC/C=C\C/C=C\C/C=C\CCCC(O)CCCC. The standard InChI is InChI=1S/C18H32O/c1-3-5-7-8-9-10-11-12-13-14-15-17-18(19)16-6-4-2/h5,7,9-10,12-13,18-19H,3-4,6,8,11,14-17H2,1-2H3/b7-5-,10-9-,13-12-. The minimum Gasteiger partial charge on any atom is -0.393 e. The Hall–Kier alpha value is -0.820. The Kier molecular flexibility index (Phi) is 14.6. The second-order valence-corrected chi connectivity index (χ2v) is 5.02. The Morgan fingerprint density at radius 1 is 0.789 bits per heavy atom. The summed E-state index contributed by atoms with van der Waals surface area (Å²) in [6.45, 7) is 4.32. The van der Waals surface area contributed by atoms with Gasteiger partial charge in [-0.05, 0) is 44.9 Å². The summed E-state index contributed by atoms with van der Waals surface area (Å²) in [7, 11) is 0. The maximum Gasteiger partial charge on any atom is 0.0540 e. The van der Waals surface area contributed by atoms with Crippen molar-refractivity contribution in [2.45, 2.75) is 77.7 Å². The molecule has 0 aromatic rings. The lowest BCUT2D eigenvalue weighted by Gasteiger charge is -2.07. The van der Waals surface area contributed by atoms with Crippen molar-refractivity contribution in [1.82, 2.24) is 0 Å². The van der Waals surface area contributed by atoms with E-state index < -0.39 is 0 Å². The molecule has 0 radical (unpaired) electrons. The Bertz CT molecular complexity index is 250. The van der Waals surface area contributed by atoms with Crippen molar-refractivity contribution in [2.75, 3.05) is 0 Å². The molecule has 1 N–H and O–H groups in total. The van der Waals surface area contributed by atoms with Gasteiger partial charge in [0.1, 0.15) is 0 Å². The van der Waals surface area contributed by atoms with Crippen molar-refractivity contribution in [2.24, 2.45) is 0 Å². The number of unbranched alkanes of at least 4 members (excludes halogenated alkanes) is 2. The monoisotopic (exact) mass is 264 g/mol. The molecule has 1 atom stereocenters. The van der Waals surface area contributed by atoms with Crippen LogP contribution in [-0.2, 0) is 0 Å². The Labute approximate surface area is 120 Å². The molecule has 19 heavy (non-hydrogen) atoms. The highest BCUT2D eigenvalue weighted by Gasteiger charge is 2.01. The predicted octanol–water partition coefficient (Wildman–Crippen LogP) is 5.57. The van der Waals surface area contributed by atoms with Crippen molar-refractivity contribution < 1.29 is 5.11 Å². The van der Waals surface area contributed by atoms with E-state index in [-0.39, 0.29) is 6.10 Å². The molecule has 1 nitrogen and oxygen atoms in total. The van der Waals surface area contributed by atoms with Crippen LogP contribution in [0.2, 0.25) is 0 Å². The minimum atomic E-state index is -0.0846. The van der Waals surface area contributed by atoms with Crippen LogP contribution in [0.15, 0.2) is 36.5 Å². The topological polar surface area (TPSA) is 20.2 Å². The molecule has 1 unspecified atom stereocenters. The van der Waals surface area contributed by atoms with E-state index >= 15 is 0 Å². The Morgan fingerprint density at radius 3 is 2.00 bits per heavy atom. The molecule has 0 spiro atoms. The molecule has 0 saturated heterocycles. The normalized spacial score (nSPS) is 14.1. The summed E-state index contributed by atoms with van der Waals surface area (Å²) < 4.78 is 0. The van der Waals surface area contributed by atoms with Gasteiger partial charge in [0, 0.05) is 0 Å². The third kappa shape index (κ3) is 15.1. The molecule has 0 saturated carbocycles. The number of rotatable bonds is 12. The number of allylic oxidation sites excluding steroid dienone is 6. The maximum atomic E-state index is 9.68. The quantitative estimate of drug-likeness (QED) is 0.361. The molecule has 0 aliphatic carbocycles. The van der Waals surface area contributed by atoms with Crippen LogP contribution >= 0.6 is 0 Å². The summed E-state index contributed by atoms with van der Waals surface area (Å²) in [6, 6.07) is 0. The van der Waals surface area contributed by atoms with Gasteiger partial charge in [0.25, 0.3) is 0 Å². The Morgan fingerprint density at radius 2 is 1.37 bits per heavy atom. The smallest absolute Gasteiger partial charge is 0.0540 e. The van der Waals surface area contributed by atoms with Gasteiger partial charge in [-0.3, -0.25) is 0 Å². The van der Waals surface area contributed by atoms with E-state index in [4.69, 9.17) is 0 Å². The zero-order valence-electron chi connectivity index (χ0n) is 12.9. The zero-order valence-corrected chi connectivity index (χ0v) is 12.9. The molecule has 0 heterocycles. The van der Waals surface area contributed by atoms with Gasteiger partial charge in [-0.2, -0.15) is 0 Å². The molecule has 0 aliphatic rings. The highest BCUT2D eigenvalue weighted by Crippen LogP contribution is 2.08. The van der Waals surface area contributed by atoms with E-state index in [1.54, 1.807) is 0 Å². The summed E-state index contributed by atoms with van der Waals surface area (Å²) in [5.41, 5.74) is 0. The molecule has 1 heteroatoms. The van der Waals surface area contributed by atoms with Gasteiger partial charge in [0.2, 0.25) is 0 Å². The van der Waals surface area contributed by atoms with Gasteiger partial charge in [-0.1, -0.05) is 63.1 Å². The molecular formula is C18H32O. The fourth-order valence-electron chi connectivity index (χ4n) is 1.88. The van der Waals surface area contributed by atoms with Crippen LogP contribution in [-0.4, -0.2) is 11.2 Å². The van der Waals surface area contributed by atoms with E-state index in [0.29, 0.717) is 0 Å². The van der Waals surface area contributed by atoms with Crippen LogP contribution in [0, 0.1) is 0 Å². The van der Waals surface area contributed by atoms with Crippen LogP contribution < -0.4 is 0 Å². The van der Waals surface area contributed by atoms with Gasteiger partial charge < -0.3 is 5.11 Å². The largest absolute Gasteiger partial charge is 0.393 e. The third-order valence-corrected chi connectivity index (χ3v) is 3.08. The zero-order chi connectivity index (χ0) is 14.2.